The lowest BCUT2D eigenvalue weighted by atomic mass is 10.2. The van der Waals surface area contributed by atoms with Crippen LogP contribution in [0.4, 0.5) is 11.5 Å². The zero-order valence-corrected chi connectivity index (χ0v) is 11.4. The summed E-state index contributed by atoms with van der Waals surface area (Å²) in [5.41, 5.74) is 11.6. The highest BCUT2D eigenvalue weighted by Gasteiger charge is 2.09. The van der Waals surface area contributed by atoms with Crippen molar-refractivity contribution in [1.82, 2.24) is 4.98 Å². The number of hydrogen-bond donors (Lipinski definition) is 3. The Balaban J connectivity index is 2.44. The normalized spacial score (nSPS) is 10.3. The fraction of sp³-hybridized carbons (Fsp3) is 0.500. The Bertz CT molecular complexity index is 398. The maximum absolute atomic E-state index is 11.2. The maximum Gasteiger partial charge on any atom is 0.252 e. The molecule has 1 aromatic rings. The van der Waals surface area contributed by atoms with E-state index in [0.717, 1.165) is 19.4 Å². The van der Waals surface area contributed by atoms with Crippen LogP contribution in [0.1, 0.15) is 29.6 Å². The number of nitrogens with two attached hydrogens (primary N) is 2. The monoisotopic (exact) mass is 268 g/mol. The van der Waals surface area contributed by atoms with Crippen LogP contribution in [0.15, 0.2) is 12.3 Å². The van der Waals surface area contributed by atoms with Crippen molar-refractivity contribution in [2.45, 2.75) is 19.3 Å². The highest BCUT2D eigenvalue weighted by molar-refractivity contribution is 7.98. The van der Waals surface area contributed by atoms with E-state index in [1.165, 1.54) is 18.4 Å². The summed E-state index contributed by atoms with van der Waals surface area (Å²) in [6.07, 6.45) is 7.04. The molecule has 0 aliphatic carbocycles. The summed E-state index contributed by atoms with van der Waals surface area (Å²) < 4.78 is 0. The molecule has 0 radical (unpaired) electrons. The number of amides is 1. The summed E-state index contributed by atoms with van der Waals surface area (Å²) in [5.74, 6) is 1.19. The molecule has 0 spiro atoms. The van der Waals surface area contributed by atoms with Gasteiger partial charge in [0.25, 0.3) is 5.91 Å². The van der Waals surface area contributed by atoms with Gasteiger partial charge in [-0.15, -0.1) is 0 Å². The molecular formula is C12H20N4OS. The van der Waals surface area contributed by atoms with Crippen molar-refractivity contribution in [2.24, 2.45) is 5.73 Å². The molecule has 1 amide bonds. The van der Waals surface area contributed by atoms with Gasteiger partial charge in [0.05, 0.1) is 17.4 Å². The van der Waals surface area contributed by atoms with Crippen molar-refractivity contribution < 1.29 is 4.79 Å². The predicted octanol–water partition coefficient (Wildman–Crippen LogP) is 1.71. The molecule has 6 heteroatoms. The van der Waals surface area contributed by atoms with E-state index in [0.29, 0.717) is 17.1 Å². The van der Waals surface area contributed by atoms with E-state index in [1.807, 2.05) is 11.8 Å². The molecule has 0 saturated carbocycles. The molecule has 0 bridgehead atoms. The number of pyridine rings is 1. The van der Waals surface area contributed by atoms with Gasteiger partial charge in [-0.2, -0.15) is 11.8 Å². The summed E-state index contributed by atoms with van der Waals surface area (Å²) in [4.78, 5) is 15.3. The Labute approximate surface area is 112 Å². The molecule has 5 N–H and O–H groups in total. The fourth-order valence-electron chi connectivity index (χ4n) is 1.56. The number of primary amides is 1. The standard InChI is InChI=1S/C12H20N4OS/c1-18-6-4-2-3-5-15-12-10(11(14)17)7-9(13)8-16-12/h7-8H,2-6,13H2,1H3,(H2,14,17)(H,15,16). The van der Waals surface area contributed by atoms with Crippen LogP contribution in [-0.2, 0) is 0 Å². The number of nitrogens with zero attached hydrogens (tertiary/aromatic N) is 1. The molecule has 1 heterocycles. The number of aromatic nitrogens is 1. The Hall–Kier alpha value is -1.43. The minimum Gasteiger partial charge on any atom is -0.397 e. The molecule has 0 saturated heterocycles. The Morgan fingerprint density at radius 3 is 2.89 bits per heavy atom. The molecule has 0 fully saturated rings. The lowest BCUT2D eigenvalue weighted by molar-refractivity contribution is 0.100. The maximum atomic E-state index is 11.2. The van der Waals surface area contributed by atoms with Crippen molar-refractivity contribution >= 4 is 29.2 Å². The largest absolute Gasteiger partial charge is 0.397 e. The summed E-state index contributed by atoms with van der Waals surface area (Å²) in [6.45, 7) is 0.783. The third-order valence-corrected chi connectivity index (χ3v) is 3.19. The SMILES string of the molecule is CSCCCCCNc1ncc(N)cc1C(N)=O. The van der Waals surface area contributed by atoms with Gasteiger partial charge in [0, 0.05) is 6.54 Å². The summed E-state index contributed by atoms with van der Waals surface area (Å²) in [5, 5.41) is 3.12. The van der Waals surface area contributed by atoms with Gasteiger partial charge in [0.15, 0.2) is 0 Å². The van der Waals surface area contributed by atoms with Crippen LogP contribution in [-0.4, -0.2) is 29.4 Å². The van der Waals surface area contributed by atoms with Crippen LogP contribution in [0.3, 0.4) is 0 Å². The number of hydrogen-bond acceptors (Lipinski definition) is 5. The molecule has 0 aliphatic heterocycles. The van der Waals surface area contributed by atoms with E-state index in [2.05, 4.69) is 16.6 Å². The number of thioether (sulfide) groups is 1. The molecule has 0 unspecified atom stereocenters. The highest BCUT2D eigenvalue weighted by Crippen LogP contribution is 2.15. The second-order valence-corrected chi connectivity index (χ2v) is 4.99. The van der Waals surface area contributed by atoms with Crippen LogP contribution < -0.4 is 16.8 Å². The van der Waals surface area contributed by atoms with Crippen molar-refractivity contribution in [1.29, 1.82) is 0 Å². The Kier molecular flexibility index (Phi) is 6.35. The highest BCUT2D eigenvalue weighted by atomic mass is 32.2. The summed E-state index contributed by atoms with van der Waals surface area (Å²) in [6, 6.07) is 1.55. The molecule has 0 aliphatic rings. The average Bonchev–Trinajstić information content (AvgIpc) is 2.35. The first kappa shape index (κ1) is 14.6. The van der Waals surface area contributed by atoms with E-state index in [4.69, 9.17) is 11.5 Å². The van der Waals surface area contributed by atoms with E-state index < -0.39 is 5.91 Å². The fourth-order valence-corrected chi connectivity index (χ4v) is 2.06. The number of nitrogens with one attached hydrogen (secondary N) is 1. The van der Waals surface area contributed by atoms with Crippen molar-refractivity contribution in [3.63, 3.8) is 0 Å². The lowest BCUT2D eigenvalue weighted by Gasteiger charge is -2.09. The Morgan fingerprint density at radius 2 is 2.22 bits per heavy atom. The molecule has 5 nitrogen and oxygen atoms in total. The molecule has 1 rings (SSSR count). The molecule has 1 aromatic heterocycles. The van der Waals surface area contributed by atoms with Crippen LogP contribution in [0.5, 0.6) is 0 Å². The summed E-state index contributed by atoms with van der Waals surface area (Å²) >= 11 is 1.86. The van der Waals surface area contributed by atoms with Gasteiger partial charge in [0.2, 0.25) is 0 Å². The second kappa shape index (κ2) is 7.81. The second-order valence-electron chi connectivity index (χ2n) is 4.01. The average molecular weight is 268 g/mol. The molecule has 0 aromatic carbocycles. The van der Waals surface area contributed by atoms with Crippen LogP contribution in [0.25, 0.3) is 0 Å². The number of unbranched alkanes of at least 4 members (excludes halogenated alkanes) is 2. The van der Waals surface area contributed by atoms with Crippen molar-refractivity contribution in [2.75, 3.05) is 29.6 Å². The first-order valence-electron chi connectivity index (χ1n) is 5.93. The van der Waals surface area contributed by atoms with Gasteiger partial charge in [-0.25, -0.2) is 4.98 Å². The minimum atomic E-state index is -0.514. The third kappa shape index (κ3) is 4.83. The lowest BCUT2D eigenvalue weighted by Crippen LogP contribution is -2.16. The number of carbonyl (C=O) groups excluding carboxylic acids is 1. The predicted molar refractivity (Wildman–Crippen MR) is 77.9 cm³/mol. The van der Waals surface area contributed by atoms with E-state index >= 15 is 0 Å². The zero-order valence-electron chi connectivity index (χ0n) is 10.6. The van der Waals surface area contributed by atoms with Gasteiger partial charge < -0.3 is 16.8 Å². The van der Waals surface area contributed by atoms with E-state index in [-0.39, 0.29) is 0 Å². The van der Waals surface area contributed by atoms with Gasteiger partial charge in [-0.05, 0) is 30.9 Å². The molecule has 0 atom stereocenters. The number of nitrogen functional groups attached to an aromatic ring is 1. The van der Waals surface area contributed by atoms with E-state index in [9.17, 15) is 4.79 Å². The quantitative estimate of drug-likeness (QED) is 0.624. The first-order valence-corrected chi connectivity index (χ1v) is 7.32. The number of anilines is 2. The van der Waals surface area contributed by atoms with Gasteiger partial charge in [0.1, 0.15) is 5.82 Å². The van der Waals surface area contributed by atoms with Gasteiger partial charge in [-0.1, -0.05) is 6.42 Å². The van der Waals surface area contributed by atoms with Crippen molar-refractivity contribution in [3.05, 3.63) is 17.8 Å². The van der Waals surface area contributed by atoms with Gasteiger partial charge >= 0.3 is 0 Å². The Morgan fingerprint density at radius 1 is 1.44 bits per heavy atom. The topological polar surface area (TPSA) is 94.0 Å². The number of carbonyl (C=O) groups is 1. The minimum absolute atomic E-state index is 0.346. The third-order valence-electron chi connectivity index (χ3n) is 2.49. The first-order chi connectivity index (χ1) is 8.65. The molecule has 18 heavy (non-hydrogen) atoms. The molecular weight excluding hydrogens is 248 g/mol. The molecule has 100 valence electrons. The summed E-state index contributed by atoms with van der Waals surface area (Å²) in [7, 11) is 0. The van der Waals surface area contributed by atoms with Crippen LogP contribution in [0.2, 0.25) is 0 Å². The smallest absolute Gasteiger partial charge is 0.252 e. The van der Waals surface area contributed by atoms with Gasteiger partial charge in [-0.3, -0.25) is 4.79 Å². The zero-order chi connectivity index (χ0) is 13.4. The van der Waals surface area contributed by atoms with Crippen molar-refractivity contribution in [3.8, 4) is 0 Å². The number of rotatable bonds is 8. The van der Waals surface area contributed by atoms with Crippen LogP contribution >= 0.6 is 11.8 Å². The van der Waals surface area contributed by atoms with Crippen LogP contribution in [0, 0.1) is 0 Å². The van der Waals surface area contributed by atoms with E-state index in [1.54, 1.807) is 6.07 Å².